The number of halogens is 1. The van der Waals surface area contributed by atoms with Gasteiger partial charge in [-0.15, -0.1) is 0 Å². The van der Waals surface area contributed by atoms with E-state index in [-0.39, 0.29) is 31.1 Å². The number of carboxylic acid groups (broad SMARTS) is 1. The summed E-state index contributed by atoms with van der Waals surface area (Å²) in [5.41, 5.74) is 0.896. The van der Waals surface area contributed by atoms with Gasteiger partial charge >= 0.3 is 12.0 Å². The van der Waals surface area contributed by atoms with Crippen molar-refractivity contribution < 1.29 is 19.4 Å². The molecule has 0 saturated carbocycles. The molecule has 6 nitrogen and oxygen atoms in total. The predicted molar refractivity (Wildman–Crippen MR) is 84.1 cm³/mol. The van der Waals surface area contributed by atoms with Gasteiger partial charge in [-0.05, 0) is 24.6 Å². The summed E-state index contributed by atoms with van der Waals surface area (Å²) in [6.45, 7) is 1.97. The molecule has 0 heterocycles. The van der Waals surface area contributed by atoms with Crippen molar-refractivity contribution in [3.05, 3.63) is 34.9 Å². The zero-order chi connectivity index (χ0) is 16.7. The number of amides is 2. The summed E-state index contributed by atoms with van der Waals surface area (Å²) in [5, 5.41) is 12.1. The van der Waals surface area contributed by atoms with Gasteiger partial charge < -0.3 is 20.1 Å². The summed E-state index contributed by atoms with van der Waals surface area (Å²) in [6.07, 6.45) is -0.419. The second-order valence-electron chi connectivity index (χ2n) is 5.01. The van der Waals surface area contributed by atoms with E-state index in [4.69, 9.17) is 21.4 Å². The van der Waals surface area contributed by atoms with Crippen LogP contribution in [0.3, 0.4) is 0 Å². The number of urea groups is 1. The molecule has 0 radical (unpaired) electrons. The van der Waals surface area contributed by atoms with Crippen molar-refractivity contribution in [1.82, 2.24) is 10.2 Å². The van der Waals surface area contributed by atoms with E-state index in [1.54, 1.807) is 26.3 Å². The SMILES string of the molecule is COC(c1ccc(Cl)cc1)C(C)NC(=O)N(C)CCC(=O)O. The van der Waals surface area contributed by atoms with Crippen molar-refractivity contribution >= 4 is 23.6 Å². The highest BCUT2D eigenvalue weighted by Gasteiger charge is 2.22. The third-order valence-electron chi connectivity index (χ3n) is 3.27. The van der Waals surface area contributed by atoms with Crippen LogP contribution in [0.1, 0.15) is 25.0 Å². The topological polar surface area (TPSA) is 78.9 Å². The molecule has 0 bridgehead atoms. The predicted octanol–water partition coefficient (Wildman–Crippen LogP) is 2.53. The maximum absolute atomic E-state index is 12.0. The lowest BCUT2D eigenvalue weighted by molar-refractivity contribution is -0.137. The minimum absolute atomic E-state index is 0.0941. The number of rotatable bonds is 7. The first-order valence-corrected chi connectivity index (χ1v) is 7.24. The summed E-state index contributed by atoms with van der Waals surface area (Å²) in [4.78, 5) is 23.9. The Kier molecular flexibility index (Phi) is 7.14. The number of carbonyl (C=O) groups is 2. The minimum Gasteiger partial charge on any atom is -0.481 e. The number of methoxy groups -OCH3 is 1. The summed E-state index contributed by atoms with van der Waals surface area (Å²) in [5.74, 6) is -0.941. The van der Waals surface area contributed by atoms with Gasteiger partial charge in [-0.2, -0.15) is 0 Å². The molecule has 1 aromatic carbocycles. The maximum Gasteiger partial charge on any atom is 0.317 e. The number of aliphatic carboxylic acids is 1. The van der Waals surface area contributed by atoms with Crippen LogP contribution in [-0.2, 0) is 9.53 Å². The van der Waals surface area contributed by atoms with Crippen LogP contribution in [0.5, 0.6) is 0 Å². The number of benzene rings is 1. The van der Waals surface area contributed by atoms with E-state index < -0.39 is 5.97 Å². The van der Waals surface area contributed by atoms with Crippen molar-refractivity contribution in [3.8, 4) is 0 Å². The zero-order valence-corrected chi connectivity index (χ0v) is 13.6. The molecule has 0 aliphatic rings. The van der Waals surface area contributed by atoms with Gasteiger partial charge in [-0.3, -0.25) is 4.79 Å². The number of nitrogens with one attached hydrogen (secondary N) is 1. The summed E-state index contributed by atoms with van der Waals surface area (Å²) >= 11 is 5.86. The van der Waals surface area contributed by atoms with Crippen molar-refractivity contribution in [2.24, 2.45) is 0 Å². The van der Waals surface area contributed by atoms with Crippen LogP contribution >= 0.6 is 11.6 Å². The van der Waals surface area contributed by atoms with Gasteiger partial charge in [0.05, 0.1) is 12.5 Å². The third kappa shape index (κ3) is 5.54. The van der Waals surface area contributed by atoms with Crippen LogP contribution in [0.2, 0.25) is 5.02 Å². The Hall–Kier alpha value is -1.79. The van der Waals surface area contributed by atoms with Crippen LogP contribution in [0.4, 0.5) is 4.79 Å². The molecular formula is C15H21ClN2O4. The smallest absolute Gasteiger partial charge is 0.317 e. The van der Waals surface area contributed by atoms with Crippen LogP contribution in [0, 0.1) is 0 Å². The van der Waals surface area contributed by atoms with E-state index in [1.165, 1.54) is 4.90 Å². The van der Waals surface area contributed by atoms with E-state index in [0.29, 0.717) is 5.02 Å². The molecule has 2 N–H and O–H groups in total. The summed E-state index contributed by atoms with van der Waals surface area (Å²) < 4.78 is 5.45. The van der Waals surface area contributed by atoms with Gasteiger partial charge in [0.15, 0.2) is 0 Å². The van der Waals surface area contributed by atoms with Gasteiger partial charge in [0.1, 0.15) is 6.10 Å². The largest absolute Gasteiger partial charge is 0.481 e. The van der Waals surface area contributed by atoms with Crippen molar-refractivity contribution in [3.63, 3.8) is 0 Å². The van der Waals surface area contributed by atoms with Crippen molar-refractivity contribution in [1.29, 1.82) is 0 Å². The Bertz CT molecular complexity index is 507. The van der Waals surface area contributed by atoms with Gasteiger partial charge in [0.25, 0.3) is 0 Å². The van der Waals surface area contributed by atoms with Crippen molar-refractivity contribution in [2.75, 3.05) is 20.7 Å². The number of nitrogens with zero attached hydrogens (tertiary/aromatic N) is 1. The summed E-state index contributed by atoms with van der Waals surface area (Å²) in [7, 11) is 3.12. The Labute approximate surface area is 135 Å². The molecule has 0 fully saturated rings. The zero-order valence-electron chi connectivity index (χ0n) is 12.9. The Morgan fingerprint density at radius 2 is 1.95 bits per heavy atom. The molecule has 0 aromatic heterocycles. The third-order valence-corrected chi connectivity index (χ3v) is 3.52. The second kappa shape index (κ2) is 8.60. The van der Waals surface area contributed by atoms with E-state index in [9.17, 15) is 9.59 Å². The summed E-state index contributed by atoms with van der Waals surface area (Å²) in [6, 6.07) is 6.57. The number of hydrogen-bond donors (Lipinski definition) is 2. The first kappa shape index (κ1) is 18.3. The lowest BCUT2D eigenvalue weighted by Gasteiger charge is -2.26. The van der Waals surface area contributed by atoms with E-state index >= 15 is 0 Å². The molecule has 1 rings (SSSR count). The Balaban J connectivity index is 2.64. The van der Waals surface area contributed by atoms with Gasteiger partial charge in [0.2, 0.25) is 0 Å². The molecule has 2 unspecified atom stereocenters. The fourth-order valence-electron chi connectivity index (χ4n) is 2.03. The molecule has 1 aromatic rings. The molecule has 122 valence electrons. The van der Waals surface area contributed by atoms with Crippen LogP contribution in [0.15, 0.2) is 24.3 Å². The average molecular weight is 329 g/mol. The highest BCUT2D eigenvalue weighted by Crippen LogP contribution is 2.22. The fourth-order valence-corrected chi connectivity index (χ4v) is 2.15. The number of hydrogen-bond acceptors (Lipinski definition) is 3. The van der Waals surface area contributed by atoms with E-state index in [0.717, 1.165) is 5.56 Å². The number of carboxylic acids is 1. The van der Waals surface area contributed by atoms with Crippen LogP contribution in [0.25, 0.3) is 0 Å². The van der Waals surface area contributed by atoms with Gasteiger partial charge in [-0.1, -0.05) is 23.7 Å². The Morgan fingerprint density at radius 1 is 1.36 bits per heavy atom. The van der Waals surface area contributed by atoms with Gasteiger partial charge in [0, 0.05) is 25.7 Å². The molecule has 0 aliphatic carbocycles. The van der Waals surface area contributed by atoms with Crippen LogP contribution < -0.4 is 5.32 Å². The lowest BCUT2D eigenvalue weighted by Crippen LogP contribution is -2.45. The first-order chi connectivity index (χ1) is 10.3. The lowest BCUT2D eigenvalue weighted by atomic mass is 10.0. The molecule has 22 heavy (non-hydrogen) atoms. The highest BCUT2D eigenvalue weighted by atomic mass is 35.5. The average Bonchev–Trinajstić information content (AvgIpc) is 2.47. The van der Waals surface area contributed by atoms with Crippen molar-refractivity contribution in [2.45, 2.75) is 25.5 Å². The quantitative estimate of drug-likeness (QED) is 0.806. The van der Waals surface area contributed by atoms with E-state index in [1.807, 2.05) is 19.1 Å². The minimum atomic E-state index is -0.941. The molecule has 2 amide bonds. The highest BCUT2D eigenvalue weighted by molar-refractivity contribution is 6.30. The normalized spacial score (nSPS) is 13.3. The first-order valence-electron chi connectivity index (χ1n) is 6.86. The number of ether oxygens (including phenoxy) is 1. The number of carbonyl (C=O) groups excluding carboxylic acids is 1. The molecule has 7 heteroatoms. The molecular weight excluding hydrogens is 308 g/mol. The second-order valence-corrected chi connectivity index (χ2v) is 5.45. The van der Waals surface area contributed by atoms with Gasteiger partial charge in [-0.25, -0.2) is 4.79 Å². The maximum atomic E-state index is 12.0. The standard InChI is InChI=1S/C15H21ClN2O4/c1-10(17-15(21)18(2)9-8-13(19)20)14(22-3)11-4-6-12(16)7-5-11/h4-7,10,14H,8-9H2,1-3H3,(H,17,21)(H,19,20). The van der Waals surface area contributed by atoms with E-state index in [2.05, 4.69) is 5.32 Å². The molecule has 0 aliphatic heterocycles. The monoisotopic (exact) mass is 328 g/mol. The Morgan fingerprint density at radius 3 is 2.45 bits per heavy atom. The molecule has 0 saturated heterocycles. The molecule has 2 atom stereocenters. The molecule has 0 spiro atoms. The fraction of sp³-hybridized carbons (Fsp3) is 0.467. The van der Waals surface area contributed by atoms with Crippen LogP contribution in [-0.4, -0.2) is 48.8 Å².